The van der Waals surface area contributed by atoms with Gasteiger partial charge in [-0.15, -0.1) is 0 Å². The molecule has 374 valence electrons. The second-order valence-electron chi connectivity index (χ2n) is 18.0. The second-order valence-corrected chi connectivity index (χ2v) is 19.9. The van der Waals surface area contributed by atoms with Crippen molar-refractivity contribution in [1.29, 1.82) is 0 Å². The highest BCUT2D eigenvalue weighted by molar-refractivity contribution is 7.91. The Morgan fingerprint density at radius 1 is 0.377 bits per heavy atom. The Hall–Kier alpha value is -9.71. The molecule has 7 heteroatoms. The smallest absolute Gasteiger partial charge is 0.207 e. The third-order valence-electron chi connectivity index (χ3n) is 13.0. The van der Waals surface area contributed by atoms with E-state index in [2.05, 4.69) is 196 Å². The summed E-state index contributed by atoms with van der Waals surface area (Å²) >= 11 is 0. The number of hydrogen-bond acceptors (Lipinski definition) is 6. The summed E-state index contributed by atoms with van der Waals surface area (Å²) in [7, 11) is -3.76. The lowest BCUT2D eigenvalue weighted by Crippen LogP contribution is -2.13. The molecule has 11 rings (SSSR count). The minimum atomic E-state index is -3.76. The van der Waals surface area contributed by atoms with Crippen LogP contribution in [0.3, 0.4) is 0 Å². The molecule has 77 heavy (non-hydrogen) atoms. The first-order valence-electron chi connectivity index (χ1n) is 25.5. The third-order valence-corrected chi connectivity index (χ3v) is 14.8. The van der Waals surface area contributed by atoms with E-state index in [1.165, 1.54) is 0 Å². The van der Waals surface area contributed by atoms with Gasteiger partial charge in [0, 0.05) is 67.7 Å². The summed E-state index contributed by atoms with van der Waals surface area (Å²) < 4.78 is 27.9. The maximum atomic E-state index is 13.9. The fourth-order valence-corrected chi connectivity index (χ4v) is 10.8. The van der Waals surface area contributed by atoms with Crippen molar-refractivity contribution in [3.05, 3.63) is 308 Å². The van der Waals surface area contributed by atoms with Gasteiger partial charge in [-0.25, -0.2) is 8.42 Å². The number of anilines is 9. The molecule has 0 heterocycles. The van der Waals surface area contributed by atoms with E-state index in [4.69, 9.17) is 5.11 Å². The quantitative estimate of drug-likeness (QED) is 0.0917. The lowest BCUT2D eigenvalue weighted by atomic mass is 9.97. The fourth-order valence-electron chi connectivity index (χ4n) is 9.33. The molecule has 0 aliphatic rings. The van der Waals surface area contributed by atoms with Gasteiger partial charge >= 0.3 is 0 Å². The predicted octanol–water partition coefficient (Wildman–Crippen LogP) is 17.7. The van der Waals surface area contributed by atoms with Crippen LogP contribution < -0.4 is 14.7 Å². The molecule has 11 aromatic carbocycles. The van der Waals surface area contributed by atoms with Gasteiger partial charge in [0.05, 0.1) is 16.4 Å². The Balaban J connectivity index is 0.00000129. The first kappa shape index (κ1) is 50.8. The summed E-state index contributed by atoms with van der Waals surface area (Å²) in [6.45, 7) is 2.03. The zero-order valence-corrected chi connectivity index (χ0v) is 43.3. The second kappa shape index (κ2) is 24.1. The van der Waals surface area contributed by atoms with Gasteiger partial charge in [0.2, 0.25) is 9.84 Å². The van der Waals surface area contributed by atoms with Crippen molar-refractivity contribution in [2.24, 2.45) is 0 Å². The maximum absolute atomic E-state index is 13.9. The van der Waals surface area contributed by atoms with E-state index in [0.29, 0.717) is 5.39 Å². The number of allylic oxidation sites excluding steroid dienone is 1. The highest BCUT2D eigenvalue weighted by Gasteiger charge is 2.23. The highest BCUT2D eigenvalue weighted by Crippen LogP contribution is 2.42. The molecule has 0 saturated heterocycles. The predicted molar refractivity (Wildman–Crippen MR) is 320 cm³/mol. The van der Waals surface area contributed by atoms with Crippen molar-refractivity contribution >= 4 is 71.8 Å². The van der Waals surface area contributed by atoms with E-state index in [1.807, 2.05) is 85.8 Å². The normalized spacial score (nSPS) is 11.0. The molecular weight excluding hydrogens is 963 g/mol. The van der Waals surface area contributed by atoms with Crippen LogP contribution in [0.15, 0.2) is 307 Å². The summed E-state index contributed by atoms with van der Waals surface area (Å²) in [5, 5.41) is 9.54. The number of rotatable bonds is 13. The molecular formula is C70H55N3O3S. The molecule has 0 unspecified atom stereocenters. The van der Waals surface area contributed by atoms with Crippen LogP contribution in [0.1, 0.15) is 18.1 Å². The van der Waals surface area contributed by atoms with Crippen molar-refractivity contribution in [3.8, 4) is 23.0 Å². The fraction of sp³-hybridized carbons (Fsp3) is 0.0286. The molecule has 0 saturated carbocycles. The molecule has 0 aliphatic heterocycles. The summed E-state index contributed by atoms with van der Waals surface area (Å²) in [5.41, 5.74) is 12.9. The Labute approximate surface area is 452 Å². The van der Waals surface area contributed by atoms with Crippen LogP contribution in [-0.2, 0) is 9.84 Å². The number of aliphatic hydroxyl groups excluding tert-OH is 1. The van der Waals surface area contributed by atoms with Crippen LogP contribution >= 0.6 is 0 Å². The summed E-state index contributed by atoms with van der Waals surface area (Å²) in [6, 6.07) is 95.6. The van der Waals surface area contributed by atoms with Gasteiger partial charge in [0.1, 0.15) is 0 Å². The maximum Gasteiger partial charge on any atom is 0.207 e. The van der Waals surface area contributed by atoms with E-state index in [-0.39, 0.29) is 16.4 Å². The van der Waals surface area contributed by atoms with Gasteiger partial charge in [0.25, 0.3) is 0 Å². The van der Waals surface area contributed by atoms with Crippen LogP contribution in [0.4, 0.5) is 51.2 Å². The molecule has 6 nitrogen and oxygen atoms in total. The summed E-state index contributed by atoms with van der Waals surface area (Å²) in [5.74, 6) is 6.75. The highest BCUT2D eigenvalue weighted by atomic mass is 32.2. The zero-order chi connectivity index (χ0) is 52.8. The van der Waals surface area contributed by atoms with Crippen molar-refractivity contribution in [3.63, 3.8) is 0 Å². The largest absolute Gasteiger partial charge is 0.392 e. The first-order chi connectivity index (χ1) is 37.9. The van der Waals surface area contributed by atoms with Gasteiger partial charge in [0.15, 0.2) is 0 Å². The van der Waals surface area contributed by atoms with E-state index in [9.17, 15) is 8.42 Å². The number of hydrogen-bond donors (Lipinski definition) is 1. The lowest BCUT2D eigenvalue weighted by molar-refractivity contribution is 0.342. The first-order valence-corrected chi connectivity index (χ1v) is 26.9. The minimum absolute atomic E-state index is 0.163. The Morgan fingerprint density at radius 2 is 0.701 bits per heavy atom. The lowest BCUT2D eigenvalue weighted by Gasteiger charge is -2.29. The van der Waals surface area contributed by atoms with E-state index >= 15 is 0 Å². The summed E-state index contributed by atoms with van der Waals surface area (Å²) in [4.78, 5) is 7.37. The Bertz CT molecular complexity index is 3680. The molecule has 0 atom stereocenters. The number of aliphatic hydroxyl groups is 1. The van der Waals surface area contributed by atoms with Crippen molar-refractivity contribution in [2.75, 3.05) is 21.3 Å². The number of fused-ring (bicyclic) bond motifs is 1. The third kappa shape index (κ3) is 11.7. The Kier molecular flexibility index (Phi) is 15.9. The van der Waals surface area contributed by atoms with E-state index in [0.717, 1.165) is 78.8 Å². The summed E-state index contributed by atoms with van der Waals surface area (Å²) in [6.07, 6.45) is 3.49. The molecule has 1 N–H and O–H groups in total. The zero-order valence-electron chi connectivity index (χ0n) is 42.5. The number of para-hydroxylation sites is 4. The Morgan fingerprint density at radius 3 is 1.05 bits per heavy atom. The molecule has 0 aliphatic carbocycles. The van der Waals surface area contributed by atoms with Crippen molar-refractivity contribution in [1.82, 2.24) is 0 Å². The van der Waals surface area contributed by atoms with E-state index in [1.54, 1.807) is 48.6 Å². The van der Waals surface area contributed by atoms with Crippen LogP contribution in [-0.4, -0.2) is 20.1 Å². The molecule has 0 radical (unpaired) electrons. The topological polar surface area (TPSA) is 64.1 Å². The molecule has 0 spiro atoms. The average Bonchev–Trinajstić information content (AvgIpc) is 3.50. The molecule has 0 fully saturated rings. The number of sulfone groups is 1. The molecule has 0 aromatic heterocycles. The molecule has 0 bridgehead atoms. The van der Waals surface area contributed by atoms with Gasteiger partial charge in [-0.05, 0) is 175 Å². The van der Waals surface area contributed by atoms with Gasteiger partial charge in [-0.1, -0.05) is 157 Å². The van der Waals surface area contributed by atoms with Gasteiger partial charge in [-0.3, -0.25) is 0 Å². The molecule has 0 amide bonds. The molecule has 11 aromatic rings. The van der Waals surface area contributed by atoms with Crippen molar-refractivity contribution in [2.45, 2.75) is 16.7 Å². The van der Waals surface area contributed by atoms with Crippen LogP contribution in [0.25, 0.3) is 21.9 Å². The minimum Gasteiger partial charge on any atom is -0.392 e. The SMILES string of the molecule is C/C=C\CO.O=S(=O)(c1ccccc1)c1cccc2cccc(-c3ccc(C#Cc4ccc(N(c5ccc(N(c6ccccc6)c6ccccc6)cc5)c5ccc(N(c6ccccc6)c6ccccc6)cc5)cc4)cc3)c12. The van der Waals surface area contributed by atoms with E-state index < -0.39 is 9.84 Å². The van der Waals surface area contributed by atoms with Crippen LogP contribution in [0.5, 0.6) is 0 Å². The van der Waals surface area contributed by atoms with Crippen LogP contribution in [0.2, 0.25) is 0 Å². The standard InChI is InChI=1S/C66H47N3O2S.C4H8O/c70-72(71,63-28-14-5-15-29-63)65-31-17-19-53-18-16-30-64(66(53)65)52-38-34-50(35-39-52)32-33-51-36-40-58(41-37-51)69(61-46-42-59(43-47-61)67(54-20-6-1-7-21-54)55-22-8-2-9-23-55)62-48-44-60(45-49-62)68(56-24-10-3-11-25-56)57-26-12-4-13-27-57;1-2-3-4-5/h1-31,34-49H;2-3,5H,4H2,1H3/b;3-2-. The van der Waals surface area contributed by atoms with Gasteiger partial charge < -0.3 is 19.8 Å². The number of nitrogens with zero attached hydrogens (tertiary/aromatic N) is 3. The number of benzene rings is 11. The monoisotopic (exact) mass is 1020 g/mol. The van der Waals surface area contributed by atoms with Crippen molar-refractivity contribution < 1.29 is 13.5 Å². The van der Waals surface area contributed by atoms with Gasteiger partial charge in [-0.2, -0.15) is 0 Å². The average molecular weight is 1020 g/mol. The van der Waals surface area contributed by atoms with Crippen LogP contribution in [0, 0.1) is 11.8 Å².